The van der Waals surface area contributed by atoms with E-state index in [0.717, 1.165) is 17.5 Å². The fourth-order valence-corrected chi connectivity index (χ4v) is 5.04. The van der Waals surface area contributed by atoms with Crippen LogP contribution in [0.2, 0.25) is 0 Å². The normalized spacial score (nSPS) is 20.7. The molecule has 0 N–H and O–H groups in total. The van der Waals surface area contributed by atoms with Crippen molar-refractivity contribution >= 4 is 11.9 Å². The first-order chi connectivity index (χ1) is 16.4. The summed E-state index contributed by atoms with van der Waals surface area (Å²) in [5.41, 5.74) is 1.19. The summed E-state index contributed by atoms with van der Waals surface area (Å²) in [7, 11) is 5.18. The molecule has 1 aliphatic heterocycles. The van der Waals surface area contributed by atoms with E-state index in [1.807, 2.05) is 41.1 Å². The van der Waals surface area contributed by atoms with Gasteiger partial charge in [0.1, 0.15) is 5.75 Å². The molecular weight excluding hydrogens is 437 g/mol. The second kappa shape index (κ2) is 8.55. The lowest BCUT2D eigenvalue weighted by Crippen LogP contribution is -2.38. The summed E-state index contributed by atoms with van der Waals surface area (Å²) in [4.78, 5) is 37.7. The maximum Gasteiger partial charge on any atom is 0.255 e. The molecule has 1 aromatic carbocycles. The Morgan fingerprint density at radius 3 is 2.71 bits per heavy atom. The molecule has 1 saturated carbocycles. The number of hydrogen-bond donors (Lipinski definition) is 0. The number of rotatable bonds is 6. The fourth-order valence-electron chi connectivity index (χ4n) is 5.04. The van der Waals surface area contributed by atoms with E-state index in [4.69, 9.17) is 4.74 Å². The molecule has 3 aromatic rings. The Bertz CT molecular complexity index is 1300. The first-order valence-corrected chi connectivity index (χ1v) is 11.2. The summed E-state index contributed by atoms with van der Waals surface area (Å²) in [5, 5.41) is 0. The van der Waals surface area contributed by atoms with Gasteiger partial charge in [0, 0.05) is 62.9 Å². The van der Waals surface area contributed by atoms with E-state index in [1.54, 1.807) is 14.2 Å². The molecule has 2 aromatic heterocycles. The van der Waals surface area contributed by atoms with E-state index in [1.165, 1.54) is 22.9 Å². The minimum Gasteiger partial charge on any atom is -0.497 e. The average Bonchev–Trinajstić information content (AvgIpc) is 3.33. The second-order valence-electron chi connectivity index (χ2n) is 8.95. The van der Waals surface area contributed by atoms with Crippen LogP contribution in [-0.2, 0) is 18.3 Å². The number of aromatic nitrogens is 3. The van der Waals surface area contributed by atoms with E-state index in [0.29, 0.717) is 37.3 Å². The number of halogens is 1. The van der Waals surface area contributed by atoms with Crippen molar-refractivity contribution < 1.29 is 13.9 Å². The molecule has 0 unspecified atom stereocenters. The number of amides is 1. The maximum absolute atomic E-state index is 14.2. The Morgan fingerprint density at radius 1 is 1.24 bits per heavy atom. The SMILES string of the molecule is COc1cccc(CC(=O)N2C[C@@H]3[C@H](C2)[C@H]3N(C)c2nc(-c3ccncc3F)cc(=O)n2C)c1. The third-order valence-electron chi connectivity index (χ3n) is 6.91. The molecule has 8 nitrogen and oxygen atoms in total. The topological polar surface area (TPSA) is 80.6 Å². The van der Waals surface area contributed by atoms with Crippen LogP contribution in [0.25, 0.3) is 11.3 Å². The van der Waals surface area contributed by atoms with Crippen molar-refractivity contribution in [2.24, 2.45) is 18.9 Å². The lowest BCUT2D eigenvalue weighted by Gasteiger charge is -2.26. The zero-order valence-corrected chi connectivity index (χ0v) is 19.3. The molecule has 3 heterocycles. The summed E-state index contributed by atoms with van der Waals surface area (Å²) in [6.45, 7) is 1.35. The number of carbonyl (C=O) groups is 1. The number of benzene rings is 1. The highest BCUT2D eigenvalue weighted by molar-refractivity contribution is 5.79. The zero-order valence-electron chi connectivity index (χ0n) is 19.3. The molecule has 1 amide bonds. The number of pyridine rings is 1. The minimum atomic E-state index is -0.523. The molecule has 34 heavy (non-hydrogen) atoms. The Morgan fingerprint density at radius 2 is 2.00 bits per heavy atom. The zero-order chi connectivity index (χ0) is 24.0. The highest BCUT2D eigenvalue weighted by atomic mass is 19.1. The van der Waals surface area contributed by atoms with E-state index < -0.39 is 5.82 Å². The number of carbonyl (C=O) groups excluding carboxylic acids is 1. The number of anilines is 1. The summed E-state index contributed by atoms with van der Waals surface area (Å²) < 4.78 is 21.0. The standard InChI is InChI=1S/C25H26FN5O3/c1-29-22(32)11-21(17-7-8-27-12-20(17)26)28-25(29)30(2)24-18-13-31(14-19(18)24)23(33)10-15-5-4-6-16(9-15)34-3/h4-9,11-12,18-19,24H,10,13-14H2,1-3H3/t18-,19+,24+. The van der Waals surface area contributed by atoms with Crippen LogP contribution < -0.4 is 15.2 Å². The van der Waals surface area contributed by atoms with Gasteiger partial charge in [0.25, 0.3) is 5.56 Å². The van der Waals surface area contributed by atoms with Gasteiger partial charge in [-0.25, -0.2) is 9.37 Å². The Balaban J connectivity index is 1.28. The number of methoxy groups -OCH3 is 1. The Labute approximate surface area is 196 Å². The number of nitrogens with zero attached hydrogens (tertiary/aromatic N) is 5. The number of hydrogen-bond acceptors (Lipinski definition) is 6. The van der Waals surface area contributed by atoms with Crippen LogP contribution in [0.15, 0.2) is 53.6 Å². The predicted octanol–water partition coefficient (Wildman–Crippen LogP) is 2.13. The fraction of sp³-hybridized carbons (Fsp3) is 0.360. The molecule has 1 saturated heterocycles. The van der Waals surface area contributed by atoms with Gasteiger partial charge in [-0.1, -0.05) is 12.1 Å². The van der Waals surface area contributed by atoms with Crippen molar-refractivity contribution in [3.05, 3.63) is 70.5 Å². The van der Waals surface area contributed by atoms with Crippen LogP contribution in [0.1, 0.15) is 5.56 Å². The molecule has 0 radical (unpaired) electrons. The van der Waals surface area contributed by atoms with Gasteiger partial charge in [0.05, 0.1) is 25.4 Å². The highest BCUT2D eigenvalue weighted by Gasteiger charge is 2.59. The first kappa shape index (κ1) is 22.1. The monoisotopic (exact) mass is 463 g/mol. The van der Waals surface area contributed by atoms with Crippen molar-refractivity contribution in [2.45, 2.75) is 12.5 Å². The lowest BCUT2D eigenvalue weighted by molar-refractivity contribution is -0.130. The number of likely N-dealkylation sites (tertiary alicyclic amines) is 1. The van der Waals surface area contributed by atoms with Gasteiger partial charge in [-0.15, -0.1) is 0 Å². The molecular formula is C25H26FN5O3. The Hall–Kier alpha value is -3.75. The summed E-state index contributed by atoms with van der Waals surface area (Å²) >= 11 is 0. The van der Waals surface area contributed by atoms with Crippen molar-refractivity contribution in [1.29, 1.82) is 0 Å². The highest BCUT2D eigenvalue weighted by Crippen LogP contribution is 2.49. The van der Waals surface area contributed by atoms with E-state index in [9.17, 15) is 14.0 Å². The van der Waals surface area contributed by atoms with Crippen molar-refractivity contribution in [1.82, 2.24) is 19.4 Å². The van der Waals surface area contributed by atoms with Gasteiger partial charge in [-0.3, -0.25) is 19.1 Å². The van der Waals surface area contributed by atoms with Gasteiger partial charge in [0.15, 0.2) is 5.82 Å². The van der Waals surface area contributed by atoms with Crippen LogP contribution in [-0.4, -0.2) is 58.6 Å². The lowest BCUT2D eigenvalue weighted by atomic mass is 10.1. The first-order valence-electron chi connectivity index (χ1n) is 11.2. The molecule has 9 heteroatoms. The molecule has 3 atom stereocenters. The molecule has 1 aliphatic carbocycles. The predicted molar refractivity (Wildman–Crippen MR) is 125 cm³/mol. The van der Waals surface area contributed by atoms with Gasteiger partial charge in [-0.05, 0) is 23.8 Å². The van der Waals surface area contributed by atoms with Gasteiger partial charge < -0.3 is 14.5 Å². The van der Waals surface area contributed by atoms with E-state index in [2.05, 4.69) is 9.97 Å². The largest absolute Gasteiger partial charge is 0.497 e. The second-order valence-corrected chi connectivity index (χ2v) is 8.95. The maximum atomic E-state index is 14.2. The molecule has 176 valence electrons. The molecule has 0 bridgehead atoms. The van der Waals surface area contributed by atoms with Crippen LogP contribution in [0.5, 0.6) is 5.75 Å². The van der Waals surface area contributed by atoms with Gasteiger partial charge >= 0.3 is 0 Å². The number of piperidine rings is 1. The smallest absolute Gasteiger partial charge is 0.255 e. The van der Waals surface area contributed by atoms with Crippen LogP contribution >= 0.6 is 0 Å². The van der Waals surface area contributed by atoms with Crippen LogP contribution in [0, 0.1) is 17.7 Å². The van der Waals surface area contributed by atoms with Gasteiger partial charge in [0.2, 0.25) is 11.9 Å². The summed E-state index contributed by atoms with van der Waals surface area (Å²) in [6, 6.07) is 10.6. The van der Waals surface area contributed by atoms with Crippen LogP contribution in [0.4, 0.5) is 10.3 Å². The molecule has 2 fully saturated rings. The number of ether oxygens (including phenoxy) is 1. The quantitative estimate of drug-likeness (QED) is 0.557. The van der Waals surface area contributed by atoms with Crippen LogP contribution in [0.3, 0.4) is 0 Å². The molecule has 2 aliphatic rings. The third-order valence-corrected chi connectivity index (χ3v) is 6.91. The van der Waals surface area contributed by atoms with Gasteiger partial charge in [-0.2, -0.15) is 0 Å². The number of fused-ring (bicyclic) bond motifs is 1. The van der Waals surface area contributed by atoms with E-state index in [-0.39, 0.29) is 28.8 Å². The van der Waals surface area contributed by atoms with E-state index >= 15 is 0 Å². The molecule has 0 spiro atoms. The van der Waals surface area contributed by atoms with Crippen molar-refractivity contribution in [2.75, 3.05) is 32.1 Å². The minimum absolute atomic E-state index is 0.0996. The summed E-state index contributed by atoms with van der Waals surface area (Å²) in [6.07, 6.45) is 2.93. The Kier molecular flexibility index (Phi) is 5.55. The van der Waals surface area contributed by atoms with Crippen molar-refractivity contribution in [3.63, 3.8) is 0 Å². The molecule has 5 rings (SSSR count). The summed E-state index contributed by atoms with van der Waals surface area (Å²) in [5.74, 6) is 1.43. The van der Waals surface area contributed by atoms with Crippen molar-refractivity contribution in [3.8, 4) is 17.0 Å². The average molecular weight is 464 g/mol. The third kappa shape index (κ3) is 3.91.